The lowest BCUT2D eigenvalue weighted by molar-refractivity contribution is -0.148. The van der Waals surface area contributed by atoms with E-state index < -0.39 is 17.7 Å². The summed E-state index contributed by atoms with van der Waals surface area (Å²) in [6.07, 6.45) is 0.104. The molecule has 1 fully saturated rings. The average Bonchev–Trinajstić information content (AvgIpc) is 3.04. The summed E-state index contributed by atoms with van der Waals surface area (Å²) in [6, 6.07) is 7.32. The SMILES string of the molecule is CCOC(=O)[C@@H]1C[C@H](SCc2ccc(OC)cc2)CN1C(=O)OC(C)(C)C. The monoisotopic (exact) mass is 395 g/mol. The normalized spacial score (nSPS) is 19.7. The summed E-state index contributed by atoms with van der Waals surface area (Å²) < 4.78 is 15.8. The number of hydrogen-bond donors (Lipinski definition) is 0. The lowest BCUT2D eigenvalue weighted by atomic mass is 10.2. The van der Waals surface area contributed by atoms with E-state index in [2.05, 4.69) is 0 Å². The molecule has 0 unspecified atom stereocenters. The Balaban J connectivity index is 2.01. The fourth-order valence-electron chi connectivity index (χ4n) is 2.84. The standard InChI is InChI=1S/C20H29NO5S/c1-6-25-18(22)17-11-16(12-21(17)19(23)26-20(2,3)4)27-13-14-7-9-15(24-5)10-8-14/h7-10,16-17H,6,11-13H2,1-5H3/t16-,17-/m0/s1. The zero-order chi connectivity index (χ0) is 20.0. The minimum atomic E-state index is -0.607. The van der Waals surface area contributed by atoms with Crippen LogP contribution in [0.4, 0.5) is 4.79 Å². The van der Waals surface area contributed by atoms with Crippen LogP contribution in [0.15, 0.2) is 24.3 Å². The molecule has 2 atom stereocenters. The van der Waals surface area contributed by atoms with E-state index in [1.165, 1.54) is 10.5 Å². The van der Waals surface area contributed by atoms with Crippen LogP contribution in [0.3, 0.4) is 0 Å². The Morgan fingerprint density at radius 1 is 1.22 bits per heavy atom. The van der Waals surface area contributed by atoms with E-state index in [-0.39, 0.29) is 11.2 Å². The molecule has 1 aromatic rings. The van der Waals surface area contributed by atoms with Crippen LogP contribution in [0.25, 0.3) is 0 Å². The summed E-state index contributed by atoms with van der Waals surface area (Å²) in [6.45, 7) is 7.98. The van der Waals surface area contributed by atoms with Crippen molar-refractivity contribution in [2.45, 2.75) is 56.8 Å². The van der Waals surface area contributed by atoms with Gasteiger partial charge in [-0.2, -0.15) is 11.8 Å². The molecule has 1 aliphatic rings. The summed E-state index contributed by atoms with van der Waals surface area (Å²) in [5.74, 6) is 1.26. The maximum Gasteiger partial charge on any atom is 0.411 e. The molecule has 1 aromatic carbocycles. The molecule has 0 radical (unpaired) electrons. The maximum atomic E-state index is 12.5. The highest BCUT2D eigenvalue weighted by Gasteiger charge is 2.42. The fraction of sp³-hybridized carbons (Fsp3) is 0.600. The Bertz CT molecular complexity index is 641. The number of likely N-dealkylation sites (tertiary alicyclic amines) is 1. The van der Waals surface area contributed by atoms with E-state index in [9.17, 15) is 9.59 Å². The van der Waals surface area contributed by atoms with Gasteiger partial charge in [0, 0.05) is 17.5 Å². The van der Waals surface area contributed by atoms with Gasteiger partial charge in [-0.1, -0.05) is 12.1 Å². The molecule has 150 valence electrons. The number of ether oxygens (including phenoxy) is 3. The lowest BCUT2D eigenvalue weighted by Crippen LogP contribution is -2.44. The van der Waals surface area contributed by atoms with Crippen molar-refractivity contribution in [1.82, 2.24) is 4.90 Å². The minimum Gasteiger partial charge on any atom is -0.497 e. The first kappa shape index (κ1) is 21.4. The second-order valence-corrected chi connectivity index (χ2v) is 8.71. The van der Waals surface area contributed by atoms with Gasteiger partial charge in [-0.25, -0.2) is 9.59 Å². The van der Waals surface area contributed by atoms with Crippen LogP contribution in [0, 0.1) is 0 Å². The summed E-state index contributed by atoms with van der Waals surface area (Å²) in [4.78, 5) is 26.4. The van der Waals surface area contributed by atoms with Crippen LogP contribution in [-0.2, 0) is 20.0 Å². The molecule has 1 heterocycles. The summed E-state index contributed by atoms with van der Waals surface area (Å²) in [5, 5.41) is 0.147. The summed E-state index contributed by atoms with van der Waals surface area (Å²) >= 11 is 1.73. The van der Waals surface area contributed by atoms with Crippen molar-refractivity contribution in [3.8, 4) is 5.75 Å². The molecule has 27 heavy (non-hydrogen) atoms. The Hall–Kier alpha value is -1.89. The zero-order valence-electron chi connectivity index (χ0n) is 16.7. The molecule has 0 saturated carbocycles. The molecule has 7 heteroatoms. The Morgan fingerprint density at radius 3 is 2.44 bits per heavy atom. The van der Waals surface area contributed by atoms with Crippen molar-refractivity contribution < 1.29 is 23.8 Å². The molecular formula is C20H29NO5S. The number of esters is 1. The largest absolute Gasteiger partial charge is 0.497 e. The number of nitrogens with zero attached hydrogens (tertiary/aromatic N) is 1. The van der Waals surface area contributed by atoms with Crippen LogP contribution in [0.5, 0.6) is 5.75 Å². The van der Waals surface area contributed by atoms with Crippen LogP contribution in [-0.4, -0.2) is 54.1 Å². The average molecular weight is 396 g/mol. The fourth-order valence-corrected chi connectivity index (χ4v) is 4.04. The number of methoxy groups -OCH3 is 1. The predicted molar refractivity (Wildman–Crippen MR) is 106 cm³/mol. The van der Waals surface area contributed by atoms with Crippen LogP contribution in [0.2, 0.25) is 0 Å². The molecule has 1 amide bonds. The Morgan fingerprint density at radius 2 is 1.89 bits per heavy atom. The van der Waals surface area contributed by atoms with E-state index in [0.717, 1.165) is 11.5 Å². The second kappa shape index (κ2) is 9.35. The van der Waals surface area contributed by atoms with Gasteiger partial charge in [-0.15, -0.1) is 0 Å². The summed E-state index contributed by atoms with van der Waals surface area (Å²) in [7, 11) is 1.64. The molecule has 6 nitrogen and oxygen atoms in total. The van der Waals surface area contributed by atoms with Gasteiger partial charge >= 0.3 is 12.1 Å². The Kier molecular flexibility index (Phi) is 7.41. The van der Waals surface area contributed by atoms with Crippen molar-refractivity contribution >= 4 is 23.8 Å². The number of carbonyl (C=O) groups excluding carboxylic acids is 2. The van der Waals surface area contributed by atoms with Gasteiger partial charge in [-0.3, -0.25) is 4.90 Å². The van der Waals surface area contributed by atoms with Crippen molar-refractivity contribution in [3.05, 3.63) is 29.8 Å². The van der Waals surface area contributed by atoms with Gasteiger partial charge in [-0.05, 0) is 51.8 Å². The molecule has 0 spiro atoms. The third kappa shape index (κ3) is 6.34. The van der Waals surface area contributed by atoms with Crippen molar-refractivity contribution in [2.24, 2.45) is 0 Å². The van der Waals surface area contributed by atoms with Crippen LogP contribution >= 0.6 is 11.8 Å². The van der Waals surface area contributed by atoms with Crippen molar-refractivity contribution in [1.29, 1.82) is 0 Å². The number of hydrogen-bond acceptors (Lipinski definition) is 6. The first-order valence-electron chi connectivity index (χ1n) is 9.14. The second-order valence-electron chi connectivity index (χ2n) is 7.42. The zero-order valence-corrected chi connectivity index (χ0v) is 17.5. The van der Waals surface area contributed by atoms with Gasteiger partial charge in [0.05, 0.1) is 13.7 Å². The number of carbonyl (C=O) groups is 2. The molecule has 0 N–H and O–H groups in total. The first-order chi connectivity index (χ1) is 12.7. The third-order valence-corrected chi connectivity index (χ3v) is 5.41. The predicted octanol–water partition coefficient (Wildman–Crippen LogP) is 3.87. The highest BCUT2D eigenvalue weighted by Crippen LogP contribution is 2.32. The topological polar surface area (TPSA) is 65.1 Å². The van der Waals surface area contributed by atoms with Gasteiger partial charge in [0.15, 0.2) is 0 Å². The smallest absolute Gasteiger partial charge is 0.411 e. The maximum absolute atomic E-state index is 12.5. The highest BCUT2D eigenvalue weighted by atomic mass is 32.2. The van der Waals surface area contributed by atoms with Gasteiger partial charge in [0.2, 0.25) is 0 Å². The Labute approximate surface area is 165 Å². The van der Waals surface area contributed by atoms with Gasteiger partial charge < -0.3 is 14.2 Å². The van der Waals surface area contributed by atoms with E-state index in [4.69, 9.17) is 14.2 Å². The highest BCUT2D eigenvalue weighted by molar-refractivity contribution is 7.99. The molecular weight excluding hydrogens is 366 g/mol. The summed E-state index contributed by atoms with van der Waals surface area (Å²) in [5.41, 5.74) is 0.564. The number of rotatable bonds is 6. The van der Waals surface area contributed by atoms with Crippen LogP contribution < -0.4 is 4.74 Å². The minimum absolute atomic E-state index is 0.147. The third-order valence-electron chi connectivity index (χ3n) is 4.09. The van der Waals surface area contributed by atoms with Crippen molar-refractivity contribution in [3.63, 3.8) is 0 Å². The number of benzene rings is 1. The molecule has 1 aliphatic heterocycles. The van der Waals surface area contributed by atoms with Crippen molar-refractivity contribution in [2.75, 3.05) is 20.3 Å². The van der Waals surface area contributed by atoms with E-state index >= 15 is 0 Å². The van der Waals surface area contributed by atoms with E-state index in [1.54, 1.807) is 25.8 Å². The molecule has 0 aromatic heterocycles. The molecule has 2 rings (SSSR count). The number of amides is 1. The molecule has 0 aliphatic carbocycles. The quantitative estimate of drug-likeness (QED) is 0.681. The first-order valence-corrected chi connectivity index (χ1v) is 10.2. The van der Waals surface area contributed by atoms with Gasteiger partial charge in [0.1, 0.15) is 17.4 Å². The lowest BCUT2D eigenvalue weighted by Gasteiger charge is -2.27. The van der Waals surface area contributed by atoms with E-state index in [0.29, 0.717) is 19.6 Å². The van der Waals surface area contributed by atoms with E-state index in [1.807, 2.05) is 45.0 Å². The molecule has 1 saturated heterocycles. The van der Waals surface area contributed by atoms with Gasteiger partial charge in [0.25, 0.3) is 0 Å². The number of thioether (sulfide) groups is 1. The molecule has 0 bridgehead atoms. The van der Waals surface area contributed by atoms with Crippen LogP contribution in [0.1, 0.15) is 39.7 Å².